The Morgan fingerprint density at radius 3 is 2.14 bits per heavy atom. The summed E-state index contributed by atoms with van der Waals surface area (Å²) < 4.78 is 0. The topological polar surface area (TPSA) is 58.2 Å². The van der Waals surface area contributed by atoms with E-state index in [4.69, 9.17) is 23.2 Å². The summed E-state index contributed by atoms with van der Waals surface area (Å²) in [5.41, 5.74) is 1.64. The number of amides is 3. The van der Waals surface area contributed by atoms with Crippen molar-refractivity contribution in [3.05, 3.63) is 63.6 Å². The molecule has 2 aromatic carbocycles. The highest BCUT2D eigenvalue weighted by molar-refractivity contribution is 7.79. The van der Waals surface area contributed by atoms with Crippen molar-refractivity contribution < 1.29 is 9.59 Å². The second-order valence-electron chi connectivity index (χ2n) is 4.36. The molecule has 114 valence electrons. The van der Waals surface area contributed by atoms with E-state index >= 15 is 0 Å². The van der Waals surface area contributed by atoms with Crippen LogP contribution in [-0.2, 0) is 5.75 Å². The molecule has 0 heterocycles. The number of anilines is 1. The maximum atomic E-state index is 12.0. The van der Waals surface area contributed by atoms with Crippen LogP contribution in [0.1, 0.15) is 15.9 Å². The number of nitrogens with one attached hydrogen (secondary N) is 2. The molecule has 0 aliphatic carbocycles. The summed E-state index contributed by atoms with van der Waals surface area (Å²) in [6.45, 7) is 0. The van der Waals surface area contributed by atoms with E-state index in [0.717, 1.165) is 5.56 Å². The van der Waals surface area contributed by atoms with Gasteiger partial charge in [-0.2, -0.15) is 12.6 Å². The van der Waals surface area contributed by atoms with E-state index in [1.165, 1.54) is 12.1 Å². The van der Waals surface area contributed by atoms with Crippen LogP contribution in [0.15, 0.2) is 42.5 Å². The van der Waals surface area contributed by atoms with Gasteiger partial charge in [0.15, 0.2) is 0 Å². The van der Waals surface area contributed by atoms with E-state index in [2.05, 4.69) is 23.3 Å². The molecule has 4 nitrogen and oxygen atoms in total. The number of imide groups is 1. The van der Waals surface area contributed by atoms with Gasteiger partial charge in [-0.15, -0.1) is 0 Å². The lowest BCUT2D eigenvalue weighted by molar-refractivity contribution is 0.0967. The highest BCUT2D eigenvalue weighted by Gasteiger charge is 2.16. The van der Waals surface area contributed by atoms with Crippen LogP contribution in [0.25, 0.3) is 0 Å². The Morgan fingerprint density at radius 2 is 1.59 bits per heavy atom. The third-order valence-electron chi connectivity index (χ3n) is 2.81. The first-order valence-electron chi connectivity index (χ1n) is 6.27. The number of urea groups is 1. The van der Waals surface area contributed by atoms with Crippen LogP contribution >= 0.6 is 35.8 Å². The van der Waals surface area contributed by atoms with Crippen LogP contribution < -0.4 is 10.6 Å². The third-order valence-corrected chi connectivity index (χ3v) is 3.81. The summed E-state index contributed by atoms with van der Waals surface area (Å²) in [6, 6.07) is 11.1. The maximum absolute atomic E-state index is 12.0. The molecule has 2 N–H and O–H groups in total. The maximum Gasteiger partial charge on any atom is 0.326 e. The average molecular weight is 355 g/mol. The quantitative estimate of drug-likeness (QED) is 0.716. The Hall–Kier alpha value is -1.69. The number of rotatable bonds is 3. The predicted molar refractivity (Wildman–Crippen MR) is 92.1 cm³/mol. The Kier molecular flexibility index (Phi) is 5.71. The minimum Gasteiger partial charge on any atom is -0.308 e. The van der Waals surface area contributed by atoms with Gasteiger partial charge in [0, 0.05) is 11.4 Å². The number of hydrogen-bond acceptors (Lipinski definition) is 3. The van der Waals surface area contributed by atoms with E-state index in [1.807, 2.05) is 12.1 Å². The fourth-order valence-electron chi connectivity index (χ4n) is 1.74. The van der Waals surface area contributed by atoms with Gasteiger partial charge in [0.2, 0.25) is 0 Å². The summed E-state index contributed by atoms with van der Waals surface area (Å²) in [6.07, 6.45) is 0. The Bertz CT molecular complexity index is 685. The van der Waals surface area contributed by atoms with Gasteiger partial charge >= 0.3 is 6.03 Å². The summed E-state index contributed by atoms with van der Waals surface area (Å²) in [5, 5.41) is 5.09. The number of benzene rings is 2. The van der Waals surface area contributed by atoms with Crippen molar-refractivity contribution in [2.24, 2.45) is 0 Å². The number of hydrogen-bond donors (Lipinski definition) is 3. The molecule has 0 spiro atoms. The monoisotopic (exact) mass is 354 g/mol. The molecule has 0 saturated carbocycles. The highest BCUT2D eigenvalue weighted by atomic mass is 35.5. The van der Waals surface area contributed by atoms with Crippen LogP contribution in [0.3, 0.4) is 0 Å². The van der Waals surface area contributed by atoms with Gasteiger partial charge < -0.3 is 5.32 Å². The van der Waals surface area contributed by atoms with Crippen molar-refractivity contribution in [3.63, 3.8) is 0 Å². The molecule has 0 atom stereocenters. The SMILES string of the molecule is O=C(NC(=O)c1c(Cl)cccc1Cl)Nc1ccc(CS)cc1. The number of halogens is 2. The Labute approximate surface area is 143 Å². The molecule has 7 heteroatoms. The zero-order valence-electron chi connectivity index (χ0n) is 11.3. The predicted octanol–water partition coefficient (Wildman–Crippen LogP) is 4.39. The molecule has 2 aromatic rings. The molecule has 0 fully saturated rings. The molecule has 0 aliphatic rings. The second kappa shape index (κ2) is 7.54. The van der Waals surface area contributed by atoms with Crippen molar-refractivity contribution in [1.82, 2.24) is 5.32 Å². The molecule has 0 aromatic heterocycles. The zero-order chi connectivity index (χ0) is 16.1. The molecule has 0 aliphatic heterocycles. The first kappa shape index (κ1) is 16.7. The van der Waals surface area contributed by atoms with E-state index in [0.29, 0.717) is 11.4 Å². The molecule has 3 amide bonds. The number of carbonyl (C=O) groups excluding carboxylic acids is 2. The smallest absolute Gasteiger partial charge is 0.308 e. The number of thiol groups is 1. The molecule has 0 unspecified atom stereocenters. The van der Waals surface area contributed by atoms with Crippen molar-refractivity contribution in [1.29, 1.82) is 0 Å². The van der Waals surface area contributed by atoms with Crippen molar-refractivity contribution in [2.75, 3.05) is 5.32 Å². The van der Waals surface area contributed by atoms with Crippen LogP contribution in [0.5, 0.6) is 0 Å². The lowest BCUT2D eigenvalue weighted by Crippen LogP contribution is -2.34. The molecule has 0 radical (unpaired) electrons. The first-order chi connectivity index (χ1) is 10.5. The van der Waals surface area contributed by atoms with Crippen LogP contribution in [0.4, 0.5) is 10.5 Å². The van der Waals surface area contributed by atoms with Crippen molar-refractivity contribution in [2.45, 2.75) is 5.75 Å². The van der Waals surface area contributed by atoms with E-state index in [9.17, 15) is 9.59 Å². The summed E-state index contributed by atoms with van der Waals surface area (Å²) in [5.74, 6) is -0.0595. The standard InChI is InChI=1S/C15H12Cl2N2O2S/c16-11-2-1-3-12(17)13(11)14(20)19-15(21)18-10-6-4-9(8-22)5-7-10/h1-7,22H,8H2,(H2,18,19,20,21). The van der Waals surface area contributed by atoms with Crippen LogP contribution in [-0.4, -0.2) is 11.9 Å². The fourth-order valence-corrected chi connectivity index (χ4v) is 2.52. The van der Waals surface area contributed by atoms with Gasteiger partial charge in [0.25, 0.3) is 5.91 Å². The van der Waals surface area contributed by atoms with Crippen molar-refractivity contribution in [3.8, 4) is 0 Å². The molecule has 22 heavy (non-hydrogen) atoms. The van der Waals surface area contributed by atoms with Gasteiger partial charge in [0.05, 0.1) is 15.6 Å². The zero-order valence-corrected chi connectivity index (χ0v) is 13.7. The number of carbonyl (C=O) groups is 2. The van der Waals surface area contributed by atoms with Crippen LogP contribution in [0, 0.1) is 0 Å². The summed E-state index contributed by atoms with van der Waals surface area (Å²) in [4.78, 5) is 23.9. The molecule has 2 rings (SSSR count). The van der Waals surface area contributed by atoms with E-state index in [1.54, 1.807) is 18.2 Å². The van der Waals surface area contributed by atoms with Gasteiger partial charge in [-0.3, -0.25) is 10.1 Å². The Balaban J connectivity index is 2.03. The molecule has 0 bridgehead atoms. The van der Waals surface area contributed by atoms with Gasteiger partial charge in [-0.1, -0.05) is 41.4 Å². The molecular formula is C15H12Cl2N2O2S. The second-order valence-corrected chi connectivity index (χ2v) is 5.49. The van der Waals surface area contributed by atoms with Crippen molar-refractivity contribution >= 4 is 53.5 Å². The van der Waals surface area contributed by atoms with Gasteiger partial charge in [-0.05, 0) is 29.8 Å². The Morgan fingerprint density at radius 1 is 1.00 bits per heavy atom. The first-order valence-corrected chi connectivity index (χ1v) is 7.66. The molecule has 0 saturated heterocycles. The lowest BCUT2D eigenvalue weighted by Gasteiger charge is -2.09. The normalized spacial score (nSPS) is 10.1. The van der Waals surface area contributed by atoms with Gasteiger partial charge in [-0.25, -0.2) is 4.79 Å². The molecular weight excluding hydrogens is 343 g/mol. The third kappa shape index (κ3) is 4.16. The summed E-state index contributed by atoms with van der Waals surface area (Å²) >= 11 is 16.0. The minimum absolute atomic E-state index is 0.0615. The fraction of sp³-hybridized carbons (Fsp3) is 0.0667. The lowest BCUT2D eigenvalue weighted by atomic mass is 10.2. The average Bonchev–Trinajstić information content (AvgIpc) is 2.47. The summed E-state index contributed by atoms with van der Waals surface area (Å²) in [7, 11) is 0. The largest absolute Gasteiger partial charge is 0.326 e. The minimum atomic E-state index is -0.667. The van der Waals surface area contributed by atoms with Crippen LogP contribution in [0.2, 0.25) is 10.0 Å². The van der Waals surface area contributed by atoms with E-state index in [-0.39, 0.29) is 15.6 Å². The highest BCUT2D eigenvalue weighted by Crippen LogP contribution is 2.24. The van der Waals surface area contributed by atoms with Gasteiger partial charge in [0.1, 0.15) is 0 Å². The van der Waals surface area contributed by atoms with E-state index < -0.39 is 11.9 Å².